The van der Waals surface area contributed by atoms with Gasteiger partial charge in [-0.05, 0) is 13.8 Å². The molecule has 1 aromatic rings. The van der Waals surface area contributed by atoms with E-state index in [0.29, 0.717) is 12.5 Å². The van der Waals surface area contributed by atoms with Crippen molar-refractivity contribution in [1.29, 1.82) is 5.26 Å². The number of anilines is 1. The van der Waals surface area contributed by atoms with Gasteiger partial charge in [-0.2, -0.15) is 10.2 Å². The highest BCUT2D eigenvalue weighted by molar-refractivity contribution is 5.34. The zero-order valence-electron chi connectivity index (χ0n) is 7.53. The molecule has 0 bridgehead atoms. The summed E-state index contributed by atoms with van der Waals surface area (Å²) < 4.78 is 5.17. The Morgan fingerprint density at radius 3 is 3.00 bits per heavy atom. The second kappa shape index (κ2) is 4.26. The topological polar surface area (TPSA) is 70.8 Å². The minimum Gasteiger partial charge on any atom is -0.478 e. The van der Waals surface area contributed by atoms with Crippen LogP contribution in [-0.4, -0.2) is 16.6 Å². The largest absolute Gasteiger partial charge is 0.478 e. The molecule has 5 nitrogen and oxygen atoms in total. The average Bonchev–Trinajstić information content (AvgIpc) is 2.04. The van der Waals surface area contributed by atoms with Crippen molar-refractivity contribution in [3.05, 3.63) is 11.8 Å². The zero-order chi connectivity index (χ0) is 9.68. The number of hydrogen-bond donors (Lipinski definition) is 1. The van der Waals surface area contributed by atoms with Crippen molar-refractivity contribution >= 4 is 5.95 Å². The van der Waals surface area contributed by atoms with Gasteiger partial charge in [0, 0.05) is 11.8 Å². The number of nitrogens with zero attached hydrogens (tertiary/aromatic N) is 3. The first-order chi connectivity index (χ1) is 6.26. The number of nitrogens with one attached hydrogen (secondary N) is 1. The van der Waals surface area contributed by atoms with Crippen LogP contribution in [-0.2, 0) is 0 Å². The number of rotatable bonds is 3. The lowest BCUT2D eigenvalue weighted by Crippen LogP contribution is -2.01. The van der Waals surface area contributed by atoms with E-state index in [1.165, 1.54) is 0 Å². The van der Waals surface area contributed by atoms with Gasteiger partial charge in [-0.1, -0.05) is 0 Å². The van der Waals surface area contributed by atoms with Crippen LogP contribution in [0.25, 0.3) is 0 Å². The smallest absolute Gasteiger partial charge is 0.239 e. The third-order valence-corrected chi connectivity index (χ3v) is 1.29. The number of ether oxygens (including phenoxy) is 1. The van der Waals surface area contributed by atoms with E-state index in [9.17, 15) is 0 Å². The average molecular weight is 178 g/mol. The molecular formula is C8H10N4O. The van der Waals surface area contributed by atoms with Gasteiger partial charge in [0.05, 0.1) is 6.61 Å². The van der Waals surface area contributed by atoms with Crippen molar-refractivity contribution in [2.24, 2.45) is 0 Å². The SMILES string of the molecule is CCOc1cc(C)nc(NC#N)n1. The Morgan fingerprint density at radius 1 is 1.62 bits per heavy atom. The Hall–Kier alpha value is -1.83. The number of hydrogen-bond acceptors (Lipinski definition) is 5. The maximum absolute atomic E-state index is 8.35. The molecule has 0 unspecified atom stereocenters. The Labute approximate surface area is 76.4 Å². The summed E-state index contributed by atoms with van der Waals surface area (Å²) in [5.41, 5.74) is 0.760. The van der Waals surface area contributed by atoms with Crippen LogP contribution >= 0.6 is 0 Å². The van der Waals surface area contributed by atoms with E-state index in [4.69, 9.17) is 10.00 Å². The summed E-state index contributed by atoms with van der Waals surface area (Å²) in [5.74, 6) is 0.749. The monoisotopic (exact) mass is 178 g/mol. The Bertz CT molecular complexity index is 331. The second-order valence-corrected chi connectivity index (χ2v) is 2.34. The molecule has 1 aromatic heterocycles. The van der Waals surface area contributed by atoms with Crippen LogP contribution in [0.2, 0.25) is 0 Å². The van der Waals surface area contributed by atoms with Crippen molar-refractivity contribution in [2.75, 3.05) is 11.9 Å². The highest BCUT2D eigenvalue weighted by atomic mass is 16.5. The molecule has 0 amide bonds. The highest BCUT2D eigenvalue weighted by Gasteiger charge is 2.00. The van der Waals surface area contributed by atoms with Gasteiger partial charge in [-0.3, -0.25) is 5.32 Å². The predicted molar refractivity (Wildman–Crippen MR) is 47.2 cm³/mol. The summed E-state index contributed by atoms with van der Waals surface area (Å²) in [7, 11) is 0. The fourth-order valence-electron chi connectivity index (χ4n) is 0.867. The number of nitriles is 1. The van der Waals surface area contributed by atoms with Crippen LogP contribution in [0.5, 0.6) is 5.88 Å². The molecule has 0 atom stereocenters. The minimum atomic E-state index is 0.269. The van der Waals surface area contributed by atoms with Crippen LogP contribution < -0.4 is 10.1 Å². The Balaban J connectivity index is 2.91. The molecule has 0 aliphatic heterocycles. The van der Waals surface area contributed by atoms with E-state index < -0.39 is 0 Å². The third kappa shape index (κ3) is 2.60. The summed E-state index contributed by atoms with van der Waals surface area (Å²) in [4.78, 5) is 7.93. The summed E-state index contributed by atoms with van der Waals surface area (Å²) in [6.07, 6.45) is 1.75. The molecule has 0 aromatic carbocycles. The summed E-state index contributed by atoms with van der Waals surface area (Å²) >= 11 is 0. The van der Waals surface area contributed by atoms with Gasteiger partial charge < -0.3 is 4.74 Å². The highest BCUT2D eigenvalue weighted by Crippen LogP contribution is 2.11. The standard InChI is InChI=1S/C8H10N4O/c1-3-13-7-4-6(2)11-8(12-7)10-5-9/h4H,3H2,1-2H3,(H,10,11,12). The molecule has 13 heavy (non-hydrogen) atoms. The normalized spacial score (nSPS) is 9.00. The molecule has 0 saturated carbocycles. The maximum atomic E-state index is 8.35. The fraction of sp³-hybridized carbons (Fsp3) is 0.375. The predicted octanol–water partition coefficient (Wildman–Crippen LogP) is 1.08. The van der Waals surface area contributed by atoms with Crippen molar-refractivity contribution in [2.45, 2.75) is 13.8 Å². The second-order valence-electron chi connectivity index (χ2n) is 2.34. The first-order valence-corrected chi connectivity index (χ1v) is 3.90. The Kier molecular flexibility index (Phi) is 3.03. The molecule has 68 valence electrons. The molecule has 1 rings (SSSR count). The van der Waals surface area contributed by atoms with E-state index in [-0.39, 0.29) is 5.95 Å². The van der Waals surface area contributed by atoms with Crippen molar-refractivity contribution in [3.63, 3.8) is 0 Å². The summed E-state index contributed by atoms with van der Waals surface area (Å²) in [6, 6.07) is 1.71. The van der Waals surface area contributed by atoms with E-state index in [2.05, 4.69) is 15.3 Å². The molecular weight excluding hydrogens is 168 g/mol. The third-order valence-electron chi connectivity index (χ3n) is 1.29. The van der Waals surface area contributed by atoms with E-state index in [1.54, 1.807) is 12.3 Å². The van der Waals surface area contributed by atoms with Gasteiger partial charge >= 0.3 is 0 Å². The lowest BCUT2D eigenvalue weighted by atomic mass is 10.4. The molecule has 1 N–H and O–H groups in total. The quantitative estimate of drug-likeness (QED) is 0.553. The van der Waals surface area contributed by atoms with Crippen molar-refractivity contribution in [1.82, 2.24) is 9.97 Å². The molecule has 1 heterocycles. The van der Waals surface area contributed by atoms with Crippen molar-refractivity contribution in [3.8, 4) is 12.1 Å². The molecule has 0 aliphatic rings. The summed E-state index contributed by atoms with van der Waals surface area (Å²) in [5, 5.41) is 10.7. The van der Waals surface area contributed by atoms with Crippen molar-refractivity contribution < 1.29 is 4.74 Å². The Morgan fingerprint density at radius 2 is 2.38 bits per heavy atom. The molecule has 5 heteroatoms. The van der Waals surface area contributed by atoms with E-state index in [0.717, 1.165) is 5.69 Å². The van der Waals surface area contributed by atoms with E-state index in [1.807, 2.05) is 13.8 Å². The van der Waals surface area contributed by atoms with Gasteiger partial charge in [0.1, 0.15) is 0 Å². The van der Waals surface area contributed by atoms with E-state index >= 15 is 0 Å². The lowest BCUT2D eigenvalue weighted by Gasteiger charge is -2.03. The zero-order valence-corrected chi connectivity index (χ0v) is 7.53. The van der Waals surface area contributed by atoms with Gasteiger partial charge in [-0.15, -0.1) is 0 Å². The first kappa shape index (κ1) is 9.26. The number of aryl methyl sites for hydroxylation is 1. The van der Waals surface area contributed by atoms with Crippen LogP contribution in [0.4, 0.5) is 5.95 Å². The molecule has 0 saturated heterocycles. The molecule has 0 radical (unpaired) electrons. The molecule has 0 spiro atoms. The fourth-order valence-corrected chi connectivity index (χ4v) is 0.867. The van der Waals surface area contributed by atoms with Gasteiger partial charge in [0.15, 0.2) is 6.19 Å². The van der Waals surface area contributed by atoms with Gasteiger partial charge in [0.25, 0.3) is 0 Å². The molecule has 0 fully saturated rings. The van der Waals surface area contributed by atoms with Crippen LogP contribution in [0, 0.1) is 18.4 Å². The van der Waals surface area contributed by atoms with Crippen LogP contribution in [0.3, 0.4) is 0 Å². The van der Waals surface area contributed by atoms with Gasteiger partial charge in [-0.25, -0.2) is 4.98 Å². The van der Waals surface area contributed by atoms with Crippen LogP contribution in [0.1, 0.15) is 12.6 Å². The molecule has 0 aliphatic carbocycles. The minimum absolute atomic E-state index is 0.269. The maximum Gasteiger partial charge on any atom is 0.239 e. The van der Waals surface area contributed by atoms with Crippen LogP contribution in [0.15, 0.2) is 6.07 Å². The lowest BCUT2D eigenvalue weighted by molar-refractivity contribution is 0.326. The summed E-state index contributed by atoms with van der Waals surface area (Å²) in [6.45, 7) is 4.23. The first-order valence-electron chi connectivity index (χ1n) is 3.90. The van der Waals surface area contributed by atoms with Gasteiger partial charge in [0.2, 0.25) is 11.8 Å². The number of aromatic nitrogens is 2.